The van der Waals surface area contributed by atoms with Gasteiger partial charge in [-0.1, -0.05) is 0 Å². The quantitative estimate of drug-likeness (QED) is 0.564. The van der Waals surface area contributed by atoms with E-state index in [0.717, 1.165) is 11.7 Å². The Morgan fingerprint density at radius 2 is 2.08 bits per heavy atom. The Bertz CT molecular complexity index is 388. The fourth-order valence-corrected chi connectivity index (χ4v) is 2.66. The van der Waals surface area contributed by atoms with Gasteiger partial charge in [-0.25, -0.2) is 8.42 Å². The monoisotopic (exact) mass is 212 g/mol. The van der Waals surface area contributed by atoms with Gasteiger partial charge in [-0.15, -0.1) is 0 Å². The van der Waals surface area contributed by atoms with Crippen molar-refractivity contribution in [3.8, 4) is 0 Å². The molecular weight excluding hydrogens is 204 g/mol. The Morgan fingerprint density at radius 1 is 1.50 bits per heavy atom. The number of hydrogen-bond donors (Lipinski definition) is 0. The zero-order valence-electron chi connectivity index (χ0n) is 6.30. The van der Waals surface area contributed by atoms with Crippen LogP contribution in [0.4, 0.5) is 0 Å². The highest BCUT2D eigenvalue weighted by Crippen LogP contribution is 2.12. The largest absolute Gasteiger partial charge is 0.264 e. The van der Waals surface area contributed by atoms with Crippen molar-refractivity contribution in [3.63, 3.8) is 0 Å². The van der Waals surface area contributed by atoms with E-state index in [0.29, 0.717) is 0 Å². The van der Waals surface area contributed by atoms with E-state index in [9.17, 15) is 16.8 Å². The third-order valence-corrected chi connectivity index (χ3v) is 3.16. The summed E-state index contributed by atoms with van der Waals surface area (Å²) >= 11 is 0. The summed E-state index contributed by atoms with van der Waals surface area (Å²) in [6.07, 6.45) is 1.24. The van der Waals surface area contributed by atoms with Crippen LogP contribution in [0.2, 0.25) is 0 Å². The highest BCUT2D eigenvalue weighted by Gasteiger charge is 2.25. The highest BCUT2D eigenvalue weighted by atomic mass is 32.2. The van der Waals surface area contributed by atoms with Gasteiger partial charge in [-0.3, -0.25) is 4.18 Å². The van der Waals surface area contributed by atoms with Crippen LogP contribution in [-0.4, -0.2) is 34.9 Å². The molecule has 0 unspecified atom stereocenters. The van der Waals surface area contributed by atoms with Crippen LogP contribution in [0.1, 0.15) is 0 Å². The van der Waals surface area contributed by atoms with Crippen LogP contribution in [0.25, 0.3) is 0 Å². The molecule has 0 aliphatic carbocycles. The van der Waals surface area contributed by atoms with E-state index in [1.165, 1.54) is 6.08 Å². The average Bonchev–Trinajstić information content (AvgIpc) is 2.05. The average molecular weight is 212 g/mol. The summed E-state index contributed by atoms with van der Waals surface area (Å²) in [6.45, 7) is 0. The standard InChI is InChI=1S/C5H8O5S2/c1-11(6,7)10-5-2-3-12(8,9)4-5/h2-3,5H,4H2,1H3/t5-/m0/s1. The lowest BCUT2D eigenvalue weighted by Crippen LogP contribution is -2.18. The van der Waals surface area contributed by atoms with E-state index in [1.807, 2.05) is 0 Å². The van der Waals surface area contributed by atoms with E-state index in [4.69, 9.17) is 0 Å². The molecule has 0 radical (unpaired) electrons. The summed E-state index contributed by atoms with van der Waals surface area (Å²) < 4.78 is 47.1. The number of hydrogen-bond acceptors (Lipinski definition) is 5. The first-order valence-corrected chi connectivity index (χ1v) is 6.61. The fourth-order valence-electron chi connectivity index (χ4n) is 0.832. The second kappa shape index (κ2) is 2.82. The first-order valence-electron chi connectivity index (χ1n) is 3.08. The first kappa shape index (κ1) is 9.69. The lowest BCUT2D eigenvalue weighted by atomic mass is 10.4. The number of rotatable bonds is 2. The first-order chi connectivity index (χ1) is 5.29. The Labute approximate surface area is 71.1 Å². The summed E-state index contributed by atoms with van der Waals surface area (Å²) in [5.41, 5.74) is 0. The summed E-state index contributed by atoms with van der Waals surface area (Å²) in [4.78, 5) is 0. The van der Waals surface area contributed by atoms with Crippen LogP contribution in [0.5, 0.6) is 0 Å². The van der Waals surface area contributed by atoms with Crippen molar-refractivity contribution in [2.45, 2.75) is 6.10 Å². The second-order valence-corrected chi connectivity index (χ2v) is 6.03. The van der Waals surface area contributed by atoms with Gasteiger partial charge < -0.3 is 0 Å². The Hall–Kier alpha value is -0.400. The van der Waals surface area contributed by atoms with Crippen molar-refractivity contribution in [2.75, 3.05) is 12.0 Å². The van der Waals surface area contributed by atoms with Crippen molar-refractivity contribution >= 4 is 20.0 Å². The van der Waals surface area contributed by atoms with E-state index >= 15 is 0 Å². The molecule has 1 aliphatic rings. The molecule has 1 rings (SSSR count). The van der Waals surface area contributed by atoms with Crippen LogP contribution in [0.3, 0.4) is 0 Å². The van der Waals surface area contributed by atoms with Gasteiger partial charge >= 0.3 is 0 Å². The van der Waals surface area contributed by atoms with Gasteiger partial charge in [0.2, 0.25) is 0 Å². The van der Waals surface area contributed by atoms with Crippen LogP contribution in [-0.2, 0) is 24.1 Å². The summed E-state index contributed by atoms with van der Waals surface area (Å²) in [6, 6.07) is 0. The molecule has 12 heavy (non-hydrogen) atoms. The van der Waals surface area contributed by atoms with Crippen molar-refractivity contribution in [2.24, 2.45) is 0 Å². The third kappa shape index (κ3) is 2.92. The van der Waals surface area contributed by atoms with Crippen molar-refractivity contribution in [1.29, 1.82) is 0 Å². The van der Waals surface area contributed by atoms with Crippen molar-refractivity contribution in [1.82, 2.24) is 0 Å². The molecule has 0 aromatic carbocycles. The molecule has 0 amide bonds. The zero-order valence-corrected chi connectivity index (χ0v) is 7.93. The van der Waals surface area contributed by atoms with E-state index in [1.54, 1.807) is 0 Å². The predicted octanol–water partition coefficient (Wildman–Crippen LogP) is -0.727. The van der Waals surface area contributed by atoms with E-state index in [2.05, 4.69) is 4.18 Å². The lowest BCUT2D eigenvalue weighted by molar-refractivity contribution is 0.282. The molecule has 0 saturated heterocycles. The maximum atomic E-state index is 10.8. The Morgan fingerprint density at radius 3 is 2.42 bits per heavy atom. The highest BCUT2D eigenvalue weighted by molar-refractivity contribution is 7.94. The summed E-state index contributed by atoms with van der Waals surface area (Å²) in [7, 11) is -6.81. The predicted molar refractivity (Wildman–Crippen MR) is 42.6 cm³/mol. The fraction of sp³-hybridized carbons (Fsp3) is 0.600. The van der Waals surface area contributed by atoms with Gasteiger partial charge in [-0.2, -0.15) is 8.42 Å². The molecule has 0 bridgehead atoms. The maximum Gasteiger partial charge on any atom is 0.264 e. The SMILES string of the molecule is CS(=O)(=O)O[C@H]1C=CS(=O)(=O)C1. The normalized spacial score (nSPS) is 27.6. The molecule has 1 atom stereocenters. The minimum atomic E-state index is -3.57. The van der Waals surface area contributed by atoms with Crippen LogP contribution in [0, 0.1) is 0 Å². The lowest BCUT2D eigenvalue weighted by Gasteiger charge is -2.04. The molecule has 1 aliphatic heterocycles. The van der Waals surface area contributed by atoms with Gasteiger partial charge in [0.05, 0.1) is 12.0 Å². The van der Waals surface area contributed by atoms with E-state index < -0.39 is 26.1 Å². The summed E-state index contributed by atoms with van der Waals surface area (Å²) in [5, 5.41) is 0.961. The molecule has 5 nitrogen and oxygen atoms in total. The summed E-state index contributed by atoms with van der Waals surface area (Å²) in [5.74, 6) is -0.292. The van der Waals surface area contributed by atoms with Gasteiger partial charge in [0.1, 0.15) is 6.10 Å². The smallest absolute Gasteiger partial charge is 0.262 e. The van der Waals surface area contributed by atoms with Crippen molar-refractivity contribution in [3.05, 3.63) is 11.5 Å². The molecule has 0 aromatic rings. The third-order valence-electron chi connectivity index (χ3n) is 1.20. The molecule has 0 fully saturated rings. The van der Waals surface area contributed by atoms with Gasteiger partial charge in [0, 0.05) is 5.41 Å². The van der Waals surface area contributed by atoms with Crippen LogP contribution >= 0.6 is 0 Å². The molecule has 0 N–H and O–H groups in total. The molecular formula is C5H8O5S2. The molecule has 7 heteroatoms. The molecule has 0 saturated carbocycles. The van der Waals surface area contributed by atoms with Gasteiger partial charge in [0.25, 0.3) is 10.1 Å². The van der Waals surface area contributed by atoms with Crippen LogP contribution < -0.4 is 0 Å². The van der Waals surface area contributed by atoms with E-state index in [-0.39, 0.29) is 5.75 Å². The molecule has 0 aromatic heterocycles. The van der Waals surface area contributed by atoms with Crippen LogP contribution in [0.15, 0.2) is 11.5 Å². The molecule has 70 valence electrons. The second-order valence-electron chi connectivity index (χ2n) is 2.50. The Balaban J connectivity index is 2.69. The van der Waals surface area contributed by atoms with Crippen molar-refractivity contribution < 1.29 is 21.0 Å². The van der Waals surface area contributed by atoms with Gasteiger partial charge in [-0.05, 0) is 6.08 Å². The minimum absolute atomic E-state index is 0.292. The molecule has 0 spiro atoms. The number of sulfone groups is 1. The zero-order chi connectivity index (χ0) is 9.41. The Kier molecular flexibility index (Phi) is 2.28. The molecule has 1 heterocycles. The minimum Gasteiger partial charge on any atom is -0.262 e. The topological polar surface area (TPSA) is 77.5 Å². The maximum absolute atomic E-state index is 10.8. The van der Waals surface area contributed by atoms with Gasteiger partial charge in [0.15, 0.2) is 9.84 Å².